The second-order valence-electron chi connectivity index (χ2n) is 10.3. The van der Waals surface area contributed by atoms with Crippen LogP contribution in [0.2, 0.25) is 0 Å². The number of aryl methyl sites for hydroxylation is 3. The largest absolute Gasteiger partial charge is 0.416 e. The lowest BCUT2D eigenvalue weighted by Gasteiger charge is -2.13. The maximum atomic E-state index is 15.0. The molecule has 0 aliphatic rings. The van der Waals surface area contributed by atoms with Gasteiger partial charge in [0, 0.05) is 49.5 Å². The first-order chi connectivity index (χ1) is 21.4. The highest BCUT2D eigenvalue weighted by molar-refractivity contribution is 6.05. The molecule has 4 aromatic heterocycles. The summed E-state index contributed by atoms with van der Waals surface area (Å²) in [5.74, 6) is 4.24. The minimum absolute atomic E-state index is 0.150. The molecule has 45 heavy (non-hydrogen) atoms. The van der Waals surface area contributed by atoms with E-state index >= 15 is 4.39 Å². The predicted octanol–water partition coefficient (Wildman–Crippen LogP) is 6.33. The van der Waals surface area contributed by atoms with E-state index in [0.29, 0.717) is 28.0 Å². The third-order valence-corrected chi connectivity index (χ3v) is 6.96. The van der Waals surface area contributed by atoms with E-state index in [1.54, 1.807) is 47.8 Å². The van der Waals surface area contributed by atoms with Gasteiger partial charge in [-0.1, -0.05) is 5.92 Å². The Morgan fingerprint density at radius 3 is 2.40 bits per heavy atom. The number of hydrogen-bond donors (Lipinski definition) is 2. The van der Waals surface area contributed by atoms with Crippen molar-refractivity contribution in [3.05, 3.63) is 113 Å². The van der Waals surface area contributed by atoms with Crippen LogP contribution in [-0.4, -0.2) is 34.9 Å². The lowest BCUT2D eigenvalue weighted by molar-refractivity contribution is -0.137. The molecule has 0 radical (unpaired) electrons. The first-order valence-electron chi connectivity index (χ1n) is 13.5. The van der Waals surface area contributed by atoms with Gasteiger partial charge in [-0.3, -0.25) is 18.6 Å². The lowest BCUT2D eigenvalue weighted by atomic mass is 10.0. The van der Waals surface area contributed by atoms with Crippen LogP contribution in [0.5, 0.6) is 0 Å². The number of benzene rings is 2. The Hall–Kier alpha value is -5.90. The van der Waals surface area contributed by atoms with Crippen LogP contribution < -0.4 is 10.6 Å². The Morgan fingerprint density at radius 1 is 0.911 bits per heavy atom. The van der Waals surface area contributed by atoms with Crippen molar-refractivity contribution in [3.63, 3.8) is 0 Å². The maximum Gasteiger partial charge on any atom is 0.416 e. The number of carbonyl (C=O) groups is 1. The van der Waals surface area contributed by atoms with Crippen LogP contribution in [0.15, 0.2) is 79.6 Å². The monoisotopic (exact) mass is 612 g/mol. The lowest BCUT2D eigenvalue weighted by Crippen LogP contribution is -2.15. The summed E-state index contributed by atoms with van der Waals surface area (Å²) in [5.41, 5.74) is 2.64. The van der Waals surface area contributed by atoms with E-state index in [0.717, 1.165) is 29.6 Å². The van der Waals surface area contributed by atoms with Crippen molar-refractivity contribution in [1.82, 2.24) is 28.9 Å². The molecule has 4 heterocycles. The van der Waals surface area contributed by atoms with Gasteiger partial charge in [-0.15, -0.1) is 0 Å². The molecule has 6 rings (SSSR count). The Bertz CT molecular complexity index is 2150. The van der Waals surface area contributed by atoms with Crippen molar-refractivity contribution in [1.29, 1.82) is 0 Å². The van der Waals surface area contributed by atoms with Crippen molar-refractivity contribution in [3.8, 4) is 23.0 Å². The van der Waals surface area contributed by atoms with Crippen LogP contribution in [0.1, 0.15) is 32.7 Å². The van der Waals surface area contributed by atoms with Crippen molar-refractivity contribution < 1.29 is 22.4 Å². The van der Waals surface area contributed by atoms with Gasteiger partial charge in [0.1, 0.15) is 11.5 Å². The zero-order chi connectivity index (χ0) is 31.9. The normalized spacial score (nSPS) is 11.4. The first-order valence-corrected chi connectivity index (χ1v) is 13.5. The van der Waals surface area contributed by atoms with E-state index < -0.39 is 23.5 Å². The van der Waals surface area contributed by atoms with Gasteiger partial charge in [0.2, 0.25) is 0 Å². The molecule has 0 unspecified atom stereocenters. The Balaban J connectivity index is 1.30. The average molecular weight is 613 g/mol. The molecule has 0 aliphatic heterocycles. The van der Waals surface area contributed by atoms with Gasteiger partial charge in [0.05, 0.1) is 41.1 Å². The fourth-order valence-corrected chi connectivity index (χ4v) is 4.75. The SMILES string of the molecule is Cc1cc(F)c(C(=O)Nc2cc(-c3cnn(C)c3)cc(C(F)(F)F)c2)cc1C#Cc1cnc2c(Nc3cnn(C)c3)cccn12. The molecule has 13 heteroatoms. The van der Waals surface area contributed by atoms with Crippen molar-refractivity contribution >= 4 is 28.6 Å². The van der Waals surface area contributed by atoms with Gasteiger partial charge in [-0.2, -0.15) is 23.4 Å². The summed E-state index contributed by atoms with van der Waals surface area (Å²) < 4.78 is 61.0. The van der Waals surface area contributed by atoms with E-state index in [1.165, 1.54) is 23.0 Å². The maximum absolute atomic E-state index is 15.0. The Kier molecular flexibility index (Phi) is 7.33. The molecular formula is C32H24F4N8O. The van der Waals surface area contributed by atoms with Gasteiger partial charge in [0.25, 0.3) is 5.91 Å². The third-order valence-electron chi connectivity index (χ3n) is 6.96. The number of amides is 1. The van der Waals surface area contributed by atoms with Gasteiger partial charge in [-0.05, 0) is 66.4 Å². The molecule has 6 aromatic rings. The number of fused-ring (bicyclic) bond motifs is 1. The number of rotatable bonds is 5. The highest BCUT2D eigenvalue weighted by Crippen LogP contribution is 2.35. The number of halogens is 4. The van der Waals surface area contributed by atoms with Gasteiger partial charge < -0.3 is 10.6 Å². The summed E-state index contributed by atoms with van der Waals surface area (Å²) in [6.07, 6.45) is 5.18. The molecule has 0 saturated carbocycles. The van der Waals surface area contributed by atoms with E-state index in [2.05, 4.69) is 37.7 Å². The molecular weight excluding hydrogens is 588 g/mol. The number of imidazole rings is 1. The molecule has 0 atom stereocenters. The van der Waals surface area contributed by atoms with Crippen LogP contribution in [0.25, 0.3) is 16.8 Å². The number of carbonyl (C=O) groups excluding carboxylic acids is 1. The number of pyridine rings is 1. The molecule has 0 saturated heterocycles. The highest BCUT2D eigenvalue weighted by Gasteiger charge is 2.31. The van der Waals surface area contributed by atoms with Crippen molar-refractivity contribution in [2.24, 2.45) is 14.1 Å². The average Bonchev–Trinajstić information content (AvgIpc) is 3.72. The minimum Gasteiger partial charge on any atom is -0.350 e. The Morgan fingerprint density at radius 2 is 1.69 bits per heavy atom. The van der Waals surface area contributed by atoms with E-state index in [9.17, 15) is 18.0 Å². The number of hydrogen-bond acceptors (Lipinski definition) is 5. The summed E-state index contributed by atoms with van der Waals surface area (Å²) in [4.78, 5) is 17.7. The minimum atomic E-state index is -4.68. The van der Waals surface area contributed by atoms with Crippen LogP contribution in [-0.2, 0) is 20.3 Å². The Labute approximate surface area is 254 Å². The van der Waals surface area contributed by atoms with Crippen molar-refractivity contribution in [2.75, 3.05) is 10.6 Å². The van der Waals surface area contributed by atoms with Crippen LogP contribution in [0.3, 0.4) is 0 Å². The number of nitrogens with one attached hydrogen (secondary N) is 2. The number of nitrogens with zero attached hydrogens (tertiary/aromatic N) is 6. The summed E-state index contributed by atoms with van der Waals surface area (Å²) in [6, 6.07) is 9.28. The molecule has 0 spiro atoms. The smallest absolute Gasteiger partial charge is 0.350 e. The second kappa shape index (κ2) is 11.3. The molecule has 1 amide bonds. The summed E-state index contributed by atoms with van der Waals surface area (Å²) >= 11 is 0. The molecule has 0 bridgehead atoms. The number of alkyl halides is 3. The second-order valence-corrected chi connectivity index (χ2v) is 10.3. The zero-order valence-electron chi connectivity index (χ0n) is 24.1. The van der Waals surface area contributed by atoms with E-state index in [-0.39, 0.29) is 16.8 Å². The van der Waals surface area contributed by atoms with E-state index in [1.807, 2.05) is 25.4 Å². The first kappa shape index (κ1) is 29.2. The van der Waals surface area contributed by atoms with Gasteiger partial charge in [-0.25, -0.2) is 9.37 Å². The summed E-state index contributed by atoms with van der Waals surface area (Å²) in [7, 11) is 3.45. The molecule has 9 nitrogen and oxygen atoms in total. The molecule has 0 aliphatic carbocycles. The molecule has 2 N–H and O–H groups in total. The van der Waals surface area contributed by atoms with Gasteiger partial charge in [0.15, 0.2) is 5.65 Å². The van der Waals surface area contributed by atoms with Crippen molar-refractivity contribution in [2.45, 2.75) is 13.1 Å². The third kappa shape index (κ3) is 6.12. The molecule has 2 aromatic carbocycles. The fraction of sp³-hybridized carbons (Fsp3) is 0.125. The zero-order valence-corrected chi connectivity index (χ0v) is 24.1. The number of anilines is 3. The highest BCUT2D eigenvalue weighted by atomic mass is 19.4. The van der Waals surface area contributed by atoms with Crippen LogP contribution in [0.4, 0.5) is 34.6 Å². The fourth-order valence-electron chi connectivity index (χ4n) is 4.75. The molecule has 0 fully saturated rings. The summed E-state index contributed by atoms with van der Waals surface area (Å²) in [5, 5.41) is 13.8. The number of aromatic nitrogens is 6. The quantitative estimate of drug-likeness (QED) is 0.175. The van der Waals surface area contributed by atoms with Gasteiger partial charge >= 0.3 is 6.18 Å². The summed E-state index contributed by atoms with van der Waals surface area (Å²) in [6.45, 7) is 1.65. The standard InChI is InChI=1S/C32H24F4N8O/c1-19-9-28(33)27(31(45)41-24-11-21(22-14-38-42(2)17-22)10-23(13-24)32(34,35)36)12-20(19)6-7-26-16-37-30-29(5-4-8-44(26)30)40-25-15-39-43(3)18-25/h4-5,8-18,40H,1-3H3,(H,41,45). The topological polar surface area (TPSA) is 94.1 Å². The van der Waals surface area contributed by atoms with Crippen LogP contribution in [0, 0.1) is 24.6 Å². The molecule has 226 valence electrons. The predicted molar refractivity (Wildman–Crippen MR) is 160 cm³/mol. The van der Waals surface area contributed by atoms with Crippen LogP contribution >= 0.6 is 0 Å². The van der Waals surface area contributed by atoms with E-state index in [4.69, 9.17) is 0 Å².